The summed E-state index contributed by atoms with van der Waals surface area (Å²) in [6.07, 6.45) is 5.10. The highest BCUT2D eigenvalue weighted by molar-refractivity contribution is 5.92. The summed E-state index contributed by atoms with van der Waals surface area (Å²) < 4.78 is 0. The van der Waals surface area contributed by atoms with Gasteiger partial charge in [-0.3, -0.25) is 4.79 Å². The predicted molar refractivity (Wildman–Crippen MR) is 58.4 cm³/mol. The van der Waals surface area contributed by atoms with Crippen molar-refractivity contribution in [3.05, 3.63) is 24.0 Å². The average Bonchev–Trinajstić information content (AvgIpc) is 2.87. The highest BCUT2D eigenvalue weighted by Crippen LogP contribution is 2.24. The maximum atomic E-state index is 11.7. The number of hydrogen-bond acceptors (Lipinski definition) is 2. The molecule has 1 heterocycles. The highest BCUT2D eigenvalue weighted by atomic mass is 16.1. The van der Waals surface area contributed by atoms with Crippen LogP contribution in [-0.4, -0.2) is 23.5 Å². The van der Waals surface area contributed by atoms with Crippen LogP contribution in [0.3, 0.4) is 0 Å². The Labute approximate surface area is 89.2 Å². The fraction of sp³-hybridized carbons (Fsp3) is 0.545. The minimum Gasteiger partial charge on any atom is -0.357 e. The van der Waals surface area contributed by atoms with E-state index in [-0.39, 0.29) is 11.9 Å². The molecule has 0 spiro atoms. The van der Waals surface area contributed by atoms with E-state index >= 15 is 0 Å². The summed E-state index contributed by atoms with van der Waals surface area (Å²) in [6, 6.07) is 3.86. The maximum Gasteiger partial charge on any atom is 0.267 e. The number of carbonyl (C=O) groups is 1. The molecule has 15 heavy (non-hydrogen) atoms. The molecular formula is C11H17N3O. The molecule has 4 heteroatoms. The van der Waals surface area contributed by atoms with E-state index in [1.165, 1.54) is 0 Å². The standard InChI is InChI=1S/C11H17N3O/c12-7-8-3-1-4-9(8)14-11(15)10-5-2-6-13-10/h2,5-6,8-9,13H,1,3-4,7,12H2,(H,14,15). The molecule has 1 aromatic heterocycles. The molecule has 0 saturated heterocycles. The molecule has 0 aliphatic heterocycles. The van der Waals surface area contributed by atoms with Crippen molar-refractivity contribution < 1.29 is 4.79 Å². The van der Waals surface area contributed by atoms with Gasteiger partial charge in [-0.2, -0.15) is 0 Å². The molecule has 1 amide bonds. The second kappa shape index (κ2) is 4.49. The lowest BCUT2D eigenvalue weighted by Crippen LogP contribution is -2.39. The molecule has 4 nitrogen and oxygen atoms in total. The van der Waals surface area contributed by atoms with Crippen LogP contribution in [0, 0.1) is 5.92 Å². The SMILES string of the molecule is NCC1CCCC1NC(=O)c1ccc[nH]1. The Morgan fingerprint density at radius 2 is 2.47 bits per heavy atom. The summed E-state index contributed by atoms with van der Waals surface area (Å²) in [6.45, 7) is 0.662. The molecule has 1 saturated carbocycles. The van der Waals surface area contributed by atoms with Crippen molar-refractivity contribution in [3.63, 3.8) is 0 Å². The first-order chi connectivity index (χ1) is 7.31. The summed E-state index contributed by atoms with van der Waals surface area (Å²) in [5.74, 6) is 0.425. The lowest BCUT2D eigenvalue weighted by atomic mass is 10.0. The number of rotatable bonds is 3. The number of carbonyl (C=O) groups excluding carboxylic acids is 1. The van der Waals surface area contributed by atoms with Crippen LogP contribution in [0.2, 0.25) is 0 Å². The topological polar surface area (TPSA) is 70.9 Å². The van der Waals surface area contributed by atoms with Crippen molar-refractivity contribution in [3.8, 4) is 0 Å². The van der Waals surface area contributed by atoms with E-state index < -0.39 is 0 Å². The molecule has 2 rings (SSSR count). The van der Waals surface area contributed by atoms with E-state index in [4.69, 9.17) is 5.73 Å². The van der Waals surface area contributed by atoms with Crippen LogP contribution in [0.5, 0.6) is 0 Å². The van der Waals surface area contributed by atoms with Gasteiger partial charge in [-0.05, 0) is 37.4 Å². The van der Waals surface area contributed by atoms with E-state index in [0.29, 0.717) is 18.2 Å². The summed E-state index contributed by atoms with van der Waals surface area (Å²) >= 11 is 0. The van der Waals surface area contributed by atoms with Crippen molar-refractivity contribution in [1.29, 1.82) is 0 Å². The summed E-state index contributed by atoms with van der Waals surface area (Å²) in [7, 11) is 0. The number of nitrogens with two attached hydrogens (primary N) is 1. The molecule has 1 fully saturated rings. The highest BCUT2D eigenvalue weighted by Gasteiger charge is 2.27. The van der Waals surface area contributed by atoms with Crippen LogP contribution in [-0.2, 0) is 0 Å². The minimum atomic E-state index is -0.0228. The number of aromatic nitrogens is 1. The van der Waals surface area contributed by atoms with Gasteiger partial charge in [-0.25, -0.2) is 0 Å². The Morgan fingerprint density at radius 3 is 3.13 bits per heavy atom. The molecule has 1 aromatic rings. The van der Waals surface area contributed by atoms with Gasteiger partial charge in [-0.1, -0.05) is 6.42 Å². The van der Waals surface area contributed by atoms with Crippen LogP contribution >= 0.6 is 0 Å². The molecule has 0 aromatic carbocycles. The third-order valence-corrected chi connectivity index (χ3v) is 3.12. The van der Waals surface area contributed by atoms with Gasteiger partial charge in [0.2, 0.25) is 0 Å². The van der Waals surface area contributed by atoms with Crippen LogP contribution < -0.4 is 11.1 Å². The van der Waals surface area contributed by atoms with Crippen molar-refractivity contribution in [2.45, 2.75) is 25.3 Å². The molecule has 82 valence electrons. The number of amides is 1. The average molecular weight is 207 g/mol. The third-order valence-electron chi connectivity index (χ3n) is 3.12. The molecule has 1 aliphatic rings. The summed E-state index contributed by atoms with van der Waals surface area (Å²) in [5, 5.41) is 3.03. The molecule has 0 radical (unpaired) electrons. The Morgan fingerprint density at radius 1 is 1.60 bits per heavy atom. The number of hydrogen-bond donors (Lipinski definition) is 3. The van der Waals surface area contributed by atoms with Gasteiger partial charge in [0.15, 0.2) is 0 Å². The fourth-order valence-corrected chi connectivity index (χ4v) is 2.23. The van der Waals surface area contributed by atoms with E-state index in [0.717, 1.165) is 19.3 Å². The molecule has 1 aliphatic carbocycles. The normalized spacial score (nSPS) is 25.4. The number of aromatic amines is 1. The van der Waals surface area contributed by atoms with E-state index in [1.807, 2.05) is 6.07 Å². The number of H-pyrrole nitrogens is 1. The summed E-state index contributed by atoms with van der Waals surface area (Å²) in [4.78, 5) is 14.6. The first-order valence-corrected chi connectivity index (χ1v) is 5.45. The third kappa shape index (κ3) is 2.21. The van der Waals surface area contributed by atoms with Crippen LogP contribution in [0.25, 0.3) is 0 Å². The molecule has 0 bridgehead atoms. The van der Waals surface area contributed by atoms with Crippen molar-refractivity contribution in [2.75, 3.05) is 6.54 Å². The Bertz CT molecular complexity index is 321. The summed E-state index contributed by atoms with van der Waals surface area (Å²) in [5.41, 5.74) is 6.28. The molecule has 2 unspecified atom stereocenters. The van der Waals surface area contributed by atoms with Gasteiger partial charge in [0, 0.05) is 12.2 Å². The lowest BCUT2D eigenvalue weighted by Gasteiger charge is -2.18. The molecule has 2 atom stereocenters. The predicted octanol–water partition coefficient (Wildman–Crippen LogP) is 0.872. The van der Waals surface area contributed by atoms with E-state index in [2.05, 4.69) is 10.3 Å². The van der Waals surface area contributed by atoms with Gasteiger partial charge >= 0.3 is 0 Å². The smallest absolute Gasteiger partial charge is 0.267 e. The largest absolute Gasteiger partial charge is 0.357 e. The molecular weight excluding hydrogens is 190 g/mol. The fourth-order valence-electron chi connectivity index (χ4n) is 2.23. The van der Waals surface area contributed by atoms with Gasteiger partial charge in [-0.15, -0.1) is 0 Å². The van der Waals surface area contributed by atoms with Crippen LogP contribution in [0.1, 0.15) is 29.8 Å². The second-order valence-electron chi connectivity index (χ2n) is 4.09. The van der Waals surface area contributed by atoms with E-state index in [1.54, 1.807) is 12.3 Å². The quantitative estimate of drug-likeness (QED) is 0.688. The van der Waals surface area contributed by atoms with E-state index in [9.17, 15) is 4.79 Å². The van der Waals surface area contributed by atoms with Crippen LogP contribution in [0.4, 0.5) is 0 Å². The Kier molecular flexibility index (Phi) is 3.06. The first-order valence-electron chi connectivity index (χ1n) is 5.45. The minimum absolute atomic E-state index is 0.0228. The van der Waals surface area contributed by atoms with Gasteiger partial charge < -0.3 is 16.0 Å². The molecule has 4 N–H and O–H groups in total. The van der Waals surface area contributed by atoms with Crippen molar-refractivity contribution in [1.82, 2.24) is 10.3 Å². The Hall–Kier alpha value is -1.29. The zero-order valence-corrected chi connectivity index (χ0v) is 8.70. The van der Waals surface area contributed by atoms with Crippen LogP contribution in [0.15, 0.2) is 18.3 Å². The monoisotopic (exact) mass is 207 g/mol. The zero-order chi connectivity index (χ0) is 10.7. The number of nitrogens with one attached hydrogen (secondary N) is 2. The lowest BCUT2D eigenvalue weighted by molar-refractivity contribution is 0.0924. The van der Waals surface area contributed by atoms with Gasteiger partial charge in [0.1, 0.15) is 5.69 Å². The van der Waals surface area contributed by atoms with Crippen molar-refractivity contribution in [2.24, 2.45) is 11.7 Å². The van der Waals surface area contributed by atoms with Gasteiger partial charge in [0.25, 0.3) is 5.91 Å². The zero-order valence-electron chi connectivity index (χ0n) is 8.70. The maximum absolute atomic E-state index is 11.7. The second-order valence-corrected chi connectivity index (χ2v) is 4.09. The first kappa shape index (κ1) is 10.2. The van der Waals surface area contributed by atoms with Crippen molar-refractivity contribution >= 4 is 5.91 Å². The van der Waals surface area contributed by atoms with Gasteiger partial charge in [0.05, 0.1) is 0 Å². The Balaban J connectivity index is 1.94.